The van der Waals surface area contributed by atoms with Crippen LogP contribution in [0.1, 0.15) is 26.4 Å². The van der Waals surface area contributed by atoms with E-state index in [0.29, 0.717) is 39.0 Å². The minimum absolute atomic E-state index is 0.0351. The number of benzene rings is 3. The van der Waals surface area contributed by atoms with Crippen molar-refractivity contribution in [2.75, 3.05) is 21.3 Å². The fraction of sp³-hybridized carbons (Fsp3) is 0.125. The van der Waals surface area contributed by atoms with E-state index in [0.717, 1.165) is 5.39 Å². The molecule has 0 spiro atoms. The van der Waals surface area contributed by atoms with Crippen molar-refractivity contribution in [3.63, 3.8) is 0 Å². The molecule has 4 aromatic rings. The molecule has 0 saturated heterocycles. The minimum Gasteiger partial charge on any atom is -0.496 e. The Morgan fingerprint density at radius 2 is 1.35 bits per heavy atom. The Kier molecular flexibility index (Phi) is 5.17. The minimum atomic E-state index is -1.15. The van der Waals surface area contributed by atoms with Crippen molar-refractivity contribution in [3.05, 3.63) is 71.5 Å². The second kappa shape index (κ2) is 7.95. The first kappa shape index (κ1) is 20.2. The molecule has 0 radical (unpaired) electrons. The molecule has 31 heavy (non-hydrogen) atoms. The summed E-state index contributed by atoms with van der Waals surface area (Å²) in [5.41, 5.74) is 0.520. The summed E-state index contributed by atoms with van der Waals surface area (Å²) in [7, 11) is 4.50. The molecule has 1 heterocycles. The van der Waals surface area contributed by atoms with Gasteiger partial charge in [-0.15, -0.1) is 0 Å². The van der Waals surface area contributed by atoms with Gasteiger partial charge >= 0.3 is 5.97 Å². The van der Waals surface area contributed by atoms with Crippen LogP contribution in [0.15, 0.2) is 54.7 Å². The summed E-state index contributed by atoms with van der Waals surface area (Å²) in [5.74, 6) is -0.116. The Morgan fingerprint density at radius 1 is 0.742 bits per heavy atom. The molecule has 0 aliphatic carbocycles. The van der Waals surface area contributed by atoms with Crippen LogP contribution < -0.4 is 14.2 Å². The highest BCUT2D eigenvalue weighted by atomic mass is 16.5. The van der Waals surface area contributed by atoms with E-state index >= 15 is 0 Å². The number of carbonyl (C=O) groups excluding carboxylic acids is 1. The second-order valence-electron chi connectivity index (χ2n) is 6.77. The number of hydrogen-bond donors (Lipinski definition) is 1. The van der Waals surface area contributed by atoms with Crippen LogP contribution >= 0.6 is 0 Å². The fourth-order valence-electron chi connectivity index (χ4n) is 3.69. The smallest absolute Gasteiger partial charge is 0.337 e. The number of fused-ring (bicyclic) bond motifs is 2. The molecule has 1 N–H and O–H groups in total. The third kappa shape index (κ3) is 3.30. The van der Waals surface area contributed by atoms with Crippen LogP contribution in [0.25, 0.3) is 21.5 Å². The molecule has 156 valence electrons. The van der Waals surface area contributed by atoms with Crippen LogP contribution in [-0.2, 0) is 0 Å². The third-order valence-corrected chi connectivity index (χ3v) is 5.19. The van der Waals surface area contributed by atoms with Gasteiger partial charge in [0.05, 0.1) is 26.9 Å². The number of rotatable bonds is 6. The average Bonchev–Trinajstić information content (AvgIpc) is 2.80. The maximum atomic E-state index is 13.6. The van der Waals surface area contributed by atoms with E-state index in [9.17, 15) is 14.7 Å². The van der Waals surface area contributed by atoms with Gasteiger partial charge in [0, 0.05) is 27.9 Å². The molecular formula is C24H19NO6. The standard InChI is InChI=1S/C24H19NO6/c1-29-19-9-8-15(13-6-4-5-7-14(13)19)23(26)22-17-11-21(31-3)20(30-2)10-16(17)18(12-25-22)24(27)28/h4-12H,1-3H3,(H,27,28). The lowest BCUT2D eigenvalue weighted by Gasteiger charge is -2.14. The van der Waals surface area contributed by atoms with Crippen LogP contribution in [0.2, 0.25) is 0 Å². The molecule has 0 aliphatic rings. The predicted molar refractivity (Wildman–Crippen MR) is 116 cm³/mol. The van der Waals surface area contributed by atoms with Crippen LogP contribution in [0.5, 0.6) is 17.2 Å². The molecule has 0 amide bonds. The van der Waals surface area contributed by atoms with Crippen molar-refractivity contribution < 1.29 is 28.9 Å². The van der Waals surface area contributed by atoms with E-state index in [1.807, 2.05) is 24.3 Å². The molecule has 0 aliphatic heterocycles. The molecule has 0 saturated carbocycles. The van der Waals surface area contributed by atoms with E-state index in [1.165, 1.54) is 20.4 Å². The largest absolute Gasteiger partial charge is 0.496 e. The Morgan fingerprint density at radius 3 is 1.97 bits per heavy atom. The highest BCUT2D eigenvalue weighted by Gasteiger charge is 2.23. The van der Waals surface area contributed by atoms with E-state index in [-0.39, 0.29) is 17.0 Å². The SMILES string of the molecule is COc1cc2c(C(=O)O)cnc(C(=O)c3ccc(OC)c4ccccc34)c2cc1OC. The number of ether oxygens (including phenoxy) is 3. The van der Waals surface area contributed by atoms with Gasteiger partial charge in [-0.3, -0.25) is 9.78 Å². The second-order valence-corrected chi connectivity index (χ2v) is 6.77. The van der Waals surface area contributed by atoms with Crippen LogP contribution in [-0.4, -0.2) is 43.2 Å². The fourth-order valence-corrected chi connectivity index (χ4v) is 3.69. The lowest BCUT2D eigenvalue weighted by Crippen LogP contribution is -2.09. The molecule has 7 nitrogen and oxygen atoms in total. The number of ketones is 1. The zero-order valence-corrected chi connectivity index (χ0v) is 17.1. The van der Waals surface area contributed by atoms with Gasteiger partial charge in [-0.2, -0.15) is 0 Å². The Bertz CT molecular complexity index is 1350. The molecule has 0 bridgehead atoms. The molecule has 4 rings (SSSR count). The first-order valence-electron chi connectivity index (χ1n) is 9.38. The number of carbonyl (C=O) groups is 2. The van der Waals surface area contributed by atoms with Gasteiger partial charge in [0.25, 0.3) is 0 Å². The summed E-state index contributed by atoms with van der Waals surface area (Å²) in [6.45, 7) is 0. The summed E-state index contributed by atoms with van der Waals surface area (Å²) in [5, 5.41) is 11.8. The van der Waals surface area contributed by atoms with Gasteiger partial charge < -0.3 is 19.3 Å². The van der Waals surface area contributed by atoms with Crippen molar-refractivity contribution >= 4 is 33.3 Å². The number of pyridine rings is 1. The number of aromatic carboxylic acids is 1. The molecule has 0 atom stereocenters. The van der Waals surface area contributed by atoms with Gasteiger partial charge in [-0.1, -0.05) is 24.3 Å². The Labute approximate surface area is 177 Å². The number of carboxylic acids is 1. The summed E-state index contributed by atoms with van der Waals surface area (Å²) < 4.78 is 16.1. The number of aromatic nitrogens is 1. The first-order chi connectivity index (χ1) is 15.0. The van der Waals surface area contributed by atoms with Crippen molar-refractivity contribution in [3.8, 4) is 17.2 Å². The van der Waals surface area contributed by atoms with E-state index in [2.05, 4.69) is 4.98 Å². The van der Waals surface area contributed by atoms with Gasteiger partial charge in [0.15, 0.2) is 11.5 Å². The summed E-state index contributed by atoms with van der Waals surface area (Å²) in [6, 6.07) is 13.9. The zero-order valence-electron chi connectivity index (χ0n) is 17.1. The molecule has 0 fully saturated rings. The van der Waals surface area contributed by atoms with Crippen LogP contribution in [0.3, 0.4) is 0 Å². The van der Waals surface area contributed by atoms with Gasteiger partial charge in [0.1, 0.15) is 11.4 Å². The van der Waals surface area contributed by atoms with E-state index < -0.39 is 5.97 Å². The Hall–Kier alpha value is -4.13. The van der Waals surface area contributed by atoms with Gasteiger partial charge in [-0.25, -0.2) is 4.79 Å². The molecule has 3 aromatic carbocycles. The highest BCUT2D eigenvalue weighted by molar-refractivity contribution is 6.22. The normalized spacial score (nSPS) is 10.8. The highest BCUT2D eigenvalue weighted by Crippen LogP contribution is 2.36. The van der Waals surface area contributed by atoms with Crippen molar-refractivity contribution in [1.29, 1.82) is 0 Å². The number of nitrogens with zero attached hydrogens (tertiary/aromatic N) is 1. The molecule has 0 unspecified atom stereocenters. The maximum absolute atomic E-state index is 13.6. The molecular weight excluding hydrogens is 398 g/mol. The summed E-state index contributed by atoms with van der Waals surface area (Å²) in [6.07, 6.45) is 1.19. The van der Waals surface area contributed by atoms with Crippen LogP contribution in [0.4, 0.5) is 0 Å². The van der Waals surface area contributed by atoms with E-state index in [1.54, 1.807) is 31.4 Å². The lowest BCUT2D eigenvalue weighted by atomic mass is 9.95. The Balaban J connectivity index is 2.01. The molecule has 1 aromatic heterocycles. The monoisotopic (exact) mass is 417 g/mol. The average molecular weight is 417 g/mol. The third-order valence-electron chi connectivity index (χ3n) is 5.19. The summed E-state index contributed by atoms with van der Waals surface area (Å²) in [4.78, 5) is 29.6. The predicted octanol–water partition coefficient (Wildman–Crippen LogP) is 4.34. The van der Waals surface area contributed by atoms with Gasteiger partial charge in [0.2, 0.25) is 5.78 Å². The van der Waals surface area contributed by atoms with Crippen molar-refractivity contribution in [1.82, 2.24) is 4.98 Å². The number of carboxylic acid groups (broad SMARTS) is 1. The topological polar surface area (TPSA) is 95.0 Å². The zero-order chi connectivity index (χ0) is 22.1. The van der Waals surface area contributed by atoms with Crippen molar-refractivity contribution in [2.45, 2.75) is 0 Å². The quantitative estimate of drug-likeness (QED) is 0.466. The first-order valence-corrected chi connectivity index (χ1v) is 9.38. The lowest BCUT2D eigenvalue weighted by molar-refractivity contribution is 0.0698. The molecule has 7 heteroatoms. The van der Waals surface area contributed by atoms with Gasteiger partial charge in [-0.05, 0) is 29.7 Å². The van der Waals surface area contributed by atoms with E-state index in [4.69, 9.17) is 14.2 Å². The van der Waals surface area contributed by atoms with Crippen molar-refractivity contribution in [2.24, 2.45) is 0 Å². The number of methoxy groups -OCH3 is 3. The number of hydrogen-bond acceptors (Lipinski definition) is 6. The summed E-state index contributed by atoms with van der Waals surface area (Å²) >= 11 is 0. The maximum Gasteiger partial charge on any atom is 0.337 e. The van der Waals surface area contributed by atoms with Crippen LogP contribution in [0, 0.1) is 0 Å².